The zero-order valence-corrected chi connectivity index (χ0v) is 18.7. The van der Waals surface area contributed by atoms with Crippen molar-refractivity contribution in [2.45, 2.75) is 6.92 Å². The van der Waals surface area contributed by atoms with Gasteiger partial charge in [-0.1, -0.05) is 0 Å². The number of carbonyl (C=O) groups is 2. The van der Waals surface area contributed by atoms with Gasteiger partial charge in [-0.2, -0.15) is 0 Å². The highest BCUT2D eigenvalue weighted by atomic mass is 16.5. The second-order valence-electron chi connectivity index (χ2n) is 7.53. The van der Waals surface area contributed by atoms with Gasteiger partial charge in [0.05, 0.1) is 24.3 Å². The summed E-state index contributed by atoms with van der Waals surface area (Å²) in [5, 5.41) is 2.68. The lowest BCUT2D eigenvalue weighted by Crippen LogP contribution is -2.39. The highest BCUT2D eigenvalue weighted by Crippen LogP contribution is 2.27. The van der Waals surface area contributed by atoms with Crippen molar-refractivity contribution in [3.8, 4) is 22.9 Å². The monoisotopic (exact) mass is 451 g/mol. The molecule has 1 aliphatic heterocycles. The maximum atomic E-state index is 12.6. The van der Waals surface area contributed by atoms with E-state index in [1.54, 1.807) is 55.7 Å². The molecule has 0 atom stereocenters. The molecule has 1 N–H and O–H groups in total. The number of hydrogen-bond donors (Lipinski definition) is 1. The van der Waals surface area contributed by atoms with E-state index in [-0.39, 0.29) is 6.03 Å². The van der Waals surface area contributed by atoms with Crippen LogP contribution in [0.4, 0.5) is 15.4 Å². The molecule has 0 unspecified atom stereocenters. The number of aryl methyl sites for hydroxylation is 2. The van der Waals surface area contributed by atoms with Gasteiger partial charge in [0.1, 0.15) is 23.0 Å². The molecule has 0 radical (unpaired) electrons. The topological polar surface area (TPSA) is 115 Å². The van der Waals surface area contributed by atoms with Crippen molar-refractivity contribution in [2.75, 3.05) is 38.7 Å². The Morgan fingerprint density at radius 3 is 2.76 bits per heavy atom. The molecule has 0 bridgehead atoms. The van der Waals surface area contributed by atoms with E-state index in [9.17, 15) is 9.59 Å². The molecule has 0 aromatic carbocycles. The molecule has 172 valence electrons. The first kappa shape index (κ1) is 22.2. The maximum absolute atomic E-state index is 12.6. The van der Waals surface area contributed by atoms with E-state index in [0.29, 0.717) is 54.9 Å². The lowest BCUT2D eigenvalue weighted by atomic mass is 10.2. The van der Waals surface area contributed by atoms with E-state index >= 15 is 0 Å². The smallest absolute Gasteiger partial charge is 0.331 e. The number of imide groups is 1. The van der Waals surface area contributed by atoms with Crippen molar-refractivity contribution in [3.05, 3.63) is 48.7 Å². The van der Waals surface area contributed by atoms with Gasteiger partial charge in [-0.15, -0.1) is 0 Å². The number of pyridine rings is 2. The Morgan fingerprint density at radius 2 is 2.03 bits per heavy atom. The van der Waals surface area contributed by atoms with Crippen molar-refractivity contribution < 1.29 is 19.1 Å². The van der Waals surface area contributed by atoms with E-state index in [2.05, 4.69) is 20.3 Å². The fraction of sp³-hybridized carbons (Fsp3) is 0.318. The second kappa shape index (κ2) is 9.65. The standard InChI is InChI=1S/C22H25N7O4/c1-15-19(33-16-6-7-23-17(12-16)18-13-27(2)14-24-18)4-5-20(25-15)26-21(30)29-9-8-28(22(29)31)10-11-32-3/h4-7,12-14H,8-11H2,1-3H3,(H,25,26,30). The molecule has 0 aliphatic carbocycles. The van der Waals surface area contributed by atoms with Crippen LogP contribution < -0.4 is 10.1 Å². The number of rotatable bonds is 7. The average molecular weight is 451 g/mol. The number of anilines is 1. The molecular formula is C22H25N7O4. The van der Waals surface area contributed by atoms with Crippen molar-refractivity contribution in [3.63, 3.8) is 0 Å². The summed E-state index contributed by atoms with van der Waals surface area (Å²) in [6.45, 7) is 3.43. The molecule has 0 spiro atoms. The molecular weight excluding hydrogens is 426 g/mol. The zero-order valence-electron chi connectivity index (χ0n) is 18.7. The van der Waals surface area contributed by atoms with Crippen molar-refractivity contribution in [1.29, 1.82) is 0 Å². The largest absolute Gasteiger partial charge is 0.455 e. The van der Waals surface area contributed by atoms with Crippen LogP contribution in [0, 0.1) is 6.92 Å². The van der Waals surface area contributed by atoms with Gasteiger partial charge in [0.25, 0.3) is 0 Å². The number of aromatic nitrogens is 4. The van der Waals surface area contributed by atoms with E-state index in [1.807, 2.05) is 17.8 Å². The van der Waals surface area contributed by atoms with Gasteiger partial charge in [0, 0.05) is 52.3 Å². The average Bonchev–Trinajstić information content (AvgIpc) is 3.40. The number of methoxy groups -OCH3 is 1. The molecule has 1 fully saturated rings. The molecule has 0 saturated carbocycles. The highest BCUT2D eigenvalue weighted by Gasteiger charge is 2.33. The zero-order chi connectivity index (χ0) is 23.4. The number of hydrogen-bond acceptors (Lipinski definition) is 7. The summed E-state index contributed by atoms with van der Waals surface area (Å²) in [6, 6.07) is 6.03. The third kappa shape index (κ3) is 5.09. The quantitative estimate of drug-likeness (QED) is 0.587. The predicted molar refractivity (Wildman–Crippen MR) is 120 cm³/mol. The van der Waals surface area contributed by atoms with Gasteiger partial charge in [-0.25, -0.2) is 24.5 Å². The van der Waals surface area contributed by atoms with Crippen LogP contribution in [-0.2, 0) is 11.8 Å². The molecule has 4 rings (SSSR count). The minimum Gasteiger partial charge on any atom is -0.455 e. The normalized spacial score (nSPS) is 13.5. The molecule has 4 amide bonds. The van der Waals surface area contributed by atoms with Crippen LogP contribution in [0.3, 0.4) is 0 Å². The van der Waals surface area contributed by atoms with Crippen LogP contribution in [0.1, 0.15) is 5.69 Å². The lowest BCUT2D eigenvalue weighted by Gasteiger charge is -2.17. The van der Waals surface area contributed by atoms with E-state index in [1.165, 1.54) is 0 Å². The number of amides is 4. The number of carbonyl (C=O) groups excluding carboxylic acids is 2. The Morgan fingerprint density at radius 1 is 1.18 bits per heavy atom. The number of urea groups is 2. The Labute approximate surface area is 191 Å². The number of nitrogens with zero attached hydrogens (tertiary/aromatic N) is 6. The van der Waals surface area contributed by atoms with Gasteiger partial charge in [-0.05, 0) is 25.1 Å². The van der Waals surface area contributed by atoms with Crippen LogP contribution in [0.5, 0.6) is 11.5 Å². The molecule has 11 heteroatoms. The lowest BCUT2D eigenvalue weighted by molar-refractivity contribution is 0.156. The minimum atomic E-state index is -0.519. The summed E-state index contributed by atoms with van der Waals surface area (Å²) in [5.74, 6) is 1.46. The van der Waals surface area contributed by atoms with Crippen LogP contribution in [0.15, 0.2) is 43.0 Å². The molecule has 1 aliphatic rings. The number of imidazole rings is 1. The van der Waals surface area contributed by atoms with Crippen LogP contribution >= 0.6 is 0 Å². The summed E-state index contributed by atoms with van der Waals surface area (Å²) in [6.07, 6.45) is 5.23. The van der Waals surface area contributed by atoms with E-state index in [0.717, 1.165) is 10.6 Å². The van der Waals surface area contributed by atoms with Gasteiger partial charge >= 0.3 is 12.1 Å². The molecule has 1 saturated heterocycles. The third-order valence-electron chi connectivity index (χ3n) is 5.10. The Balaban J connectivity index is 1.41. The van der Waals surface area contributed by atoms with Crippen molar-refractivity contribution in [1.82, 2.24) is 29.3 Å². The van der Waals surface area contributed by atoms with Crippen molar-refractivity contribution >= 4 is 17.9 Å². The van der Waals surface area contributed by atoms with Gasteiger partial charge in [0.15, 0.2) is 0 Å². The third-order valence-corrected chi connectivity index (χ3v) is 5.10. The van der Waals surface area contributed by atoms with Crippen LogP contribution in [-0.4, -0.2) is 74.7 Å². The second-order valence-corrected chi connectivity index (χ2v) is 7.53. The Bertz CT molecular complexity index is 1160. The molecule has 4 heterocycles. The molecule has 3 aromatic rings. The van der Waals surface area contributed by atoms with Gasteiger partial charge in [-0.3, -0.25) is 10.3 Å². The summed E-state index contributed by atoms with van der Waals surface area (Å²) < 4.78 is 12.8. The minimum absolute atomic E-state index is 0.315. The summed E-state index contributed by atoms with van der Waals surface area (Å²) >= 11 is 0. The molecule has 33 heavy (non-hydrogen) atoms. The number of ether oxygens (including phenoxy) is 2. The molecule has 3 aromatic heterocycles. The summed E-state index contributed by atoms with van der Waals surface area (Å²) in [5.41, 5.74) is 2.02. The first-order chi connectivity index (χ1) is 15.9. The van der Waals surface area contributed by atoms with E-state index in [4.69, 9.17) is 9.47 Å². The SMILES string of the molecule is COCCN1CCN(C(=O)Nc2ccc(Oc3ccnc(-c4cn(C)cn4)c3)c(C)n2)C1=O. The van der Waals surface area contributed by atoms with Crippen LogP contribution in [0.25, 0.3) is 11.4 Å². The summed E-state index contributed by atoms with van der Waals surface area (Å²) in [7, 11) is 3.46. The Kier molecular flexibility index (Phi) is 6.50. The Hall–Kier alpha value is -3.99. The van der Waals surface area contributed by atoms with Gasteiger partial charge in [0.2, 0.25) is 0 Å². The van der Waals surface area contributed by atoms with Crippen LogP contribution in [0.2, 0.25) is 0 Å². The predicted octanol–water partition coefficient (Wildman–Crippen LogP) is 2.89. The van der Waals surface area contributed by atoms with Crippen molar-refractivity contribution in [2.24, 2.45) is 7.05 Å². The summed E-state index contributed by atoms with van der Waals surface area (Å²) in [4.78, 5) is 40.7. The van der Waals surface area contributed by atoms with Gasteiger partial charge < -0.3 is 18.9 Å². The maximum Gasteiger partial charge on any atom is 0.331 e. The molecule has 11 nitrogen and oxygen atoms in total. The highest BCUT2D eigenvalue weighted by molar-refractivity contribution is 6.01. The fourth-order valence-electron chi connectivity index (χ4n) is 3.37. The first-order valence-corrected chi connectivity index (χ1v) is 10.4. The number of nitrogens with one attached hydrogen (secondary N) is 1. The fourth-order valence-corrected chi connectivity index (χ4v) is 3.37. The van der Waals surface area contributed by atoms with E-state index < -0.39 is 6.03 Å². The first-order valence-electron chi connectivity index (χ1n) is 10.4.